The van der Waals surface area contributed by atoms with Crippen molar-refractivity contribution in [2.24, 2.45) is 10.2 Å². The van der Waals surface area contributed by atoms with Gasteiger partial charge in [-0.15, -0.1) is 10.2 Å². The summed E-state index contributed by atoms with van der Waals surface area (Å²) in [5.41, 5.74) is 12.3. The number of hydrogen-bond donors (Lipinski definition) is 4. The molecule has 54 heavy (non-hydrogen) atoms. The number of benzene rings is 4. The average Bonchev–Trinajstić information content (AvgIpc) is 3.58. The highest BCUT2D eigenvalue weighted by Gasteiger charge is 2.16. The highest BCUT2D eigenvalue weighted by Crippen LogP contribution is 2.37. The van der Waals surface area contributed by atoms with Gasteiger partial charge in [0.15, 0.2) is 10.2 Å². The third kappa shape index (κ3) is 9.22. The molecule has 6 aromatic rings. The van der Waals surface area contributed by atoms with Gasteiger partial charge in [0.1, 0.15) is 5.69 Å². The predicted octanol–water partition coefficient (Wildman–Crippen LogP) is 9.20. The molecule has 2 aromatic heterocycles. The predicted molar refractivity (Wildman–Crippen MR) is 220 cm³/mol. The van der Waals surface area contributed by atoms with E-state index in [0.29, 0.717) is 55.5 Å². The van der Waals surface area contributed by atoms with E-state index in [4.69, 9.17) is 20.7 Å². The summed E-state index contributed by atoms with van der Waals surface area (Å²) in [5.74, 6) is 1.25. The maximum atomic E-state index is 11.7. The first-order valence-electron chi connectivity index (χ1n) is 17.4. The summed E-state index contributed by atoms with van der Waals surface area (Å²) < 4.78 is 37.1. The molecule has 0 aliphatic carbocycles. The van der Waals surface area contributed by atoms with Crippen LogP contribution < -0.4 is 26.2 Å². The Kier molecular flexibility index (Phi) is 12.2. The molecular formula is C37H41N11O3S3. The fourth-order valence-corrected chi connectivity index (χ4v) is 7.65. The van der Waals surface area contributed by atoms with Gasteiger partial charge in [-0.2, -0.15) is 27.7 Å². The Morgan fingerprint density at radius 1 is 0.778 bits per heavy atom. The molecule has 0 unspecified atom stereocenters. The molecule has 2 heterocycles. The highest BCUT2D eigenvalue weighted by atomic mass is 32.2. The molecule has 280 valence electrons. The molecule has 0 spiro atoms. The lowest BCUT2D eigenvalue weighted by molar-refractivity contribution is 0.483. The number of nitrogens with two attached hydrogens (primary N) is 1. The minimum absolute atomic E-state index is 0.242. The molecule has 0 saturated carbocycles. The van der Waals surface area contributed by atoms with E-state index in [2.05, 4.69) is 74.9 Å². The molecule has 14 nitrogen and oxygen atoms in total. The number of aromatic nitrogens is 4. The van der Waals surface area contributed by atoms with Gasteiger partial charge in [-0.1, -0.05) is 42.1 Å². The quantitative estimate of drug-likeness (QED) is 0.0315. The van der Waals surface area contributed by atoms with Crippen LogP contribution in [0.5, 0.6) is 0 Å². The van der Waals surface area contributed by atoms with Crippen LogP contribution in [0, 0.1) is 0 Å². The van der Waals surface area contributed by atoms with E-state index in [1.54, 1.807) is 6.07 Å². The Balaban J connectivity index is 1.38. The topological polar surface area (TPSA) is 187 Å². The van der Waals surface area contributed by atoms with Gasteiger partial charge in [-0.25, -0.2) is 0 Å². The van der Waals surface area contributed by atoms with Gasteiger partial charge in [0.05, 0.1) is 27.5 Å². The van der Waals surface area contributed by atoms with Crippen LogP contribution in [-0.4, -0.2) is 58.5 Å². The Bertz CT molecular complexity index is 2370. The van der Waals surface area contributed by atoms with Crippen LogP contribution in [0.15, 0.2) is 105 Å². The summed E-state index contributed by atoms with van der Waals surface area (Å²) in [4.78, 5) is 18.6. The molecule has 0 aliphatic heterocycles. The molecule has 4 aromatic carbocycles. The zero-order valence-electron chi connectivity index (χ0n) is 30.3. The van der Waals surface area contributed by atoms with Gasteiger partial charge in [0.25, 0.3) is 10.1 Å². The number of hydrogen-bond acceptors (Lipinski definition) is 15. The number of rotatable bonds is 16. The number of fused-ring (bicyclic) bond motifs is 1. The van der Waals surface area contributed by atoms with Crippen LogP contribution >= 0.6 is 23.3 Å². The van der Waals surface area contributed by atoms with Gasteiger partial charge in [0, 0.05) is 48.7 Å². The number of anilines is 7. The third-order valence-corrected chi connectivity index (χ3v) is 11.1. The number of nitrogen functional groups attached to an aromatic ring is 1. The number of nitrogens with zero attached hydrogens (tertiary/aromatic N) is 8. The minimum atomic E-state index is -4.38. The molecule has 0 bridgehead atoms. The fraction of sp³-hybridized carbons (Fsp3) is 0.243. The first-order valence-corrected chi connectivity index (χ1v) is 20.6. The number of azo groups is 1. The summed E-state index contributed by atoms with van der Waals surface area (Å²) in [6.07, 6.45) is 0. The Morgan fingerprint density at radius 2 is 1.41 bits per heavy atom. The van der Waals surface area contributed by atoms with E-state index in [9.17, 15) is 13.0 Å². The largest absolute Gasteiger partial charge is 0.397 e. The van der Waals surface area contributed by atoms with E-state index >= 15 is 0 Å². The van der Waals surface area contributed by atoms with Crippen molar-refractivity contribution in [1.82, 2.24) is 19.3 Å². The van der Waals surface area contributed by atoms with Gasteiger partial charge < -0.3 is 26.2 Å². The summed E-state index contributed by atoms with van der Waals surface area (Å²) >= 11 is 2.55. The van der Waals surface area contributed by atoms with E-state index in [-0.39, 0.29) is 10.8 Å². The van der Waals surface area contributed by atoms with Crippen molar-refractivity contribution in [3.8, 4) is 0 Å². The molecule has 0 aliphatic rings. The molecule has 0 amide bonds. The van der Waals surface area contributed by atoms with Crippen LogP contribution in [0.4, 0.5) is 51.0 Å². The van der Waals surface area contributed by atoms with E-state index in [0.717, 1.165) is 54.6 Å². The molecule has 5 N–H and O–H groups in total. The van der Waals surface area contributed by atoms with Crippen molar-refractivity contribution in [2.45, 2.75) is 43.5 Å². The van der Waals surface area contributed by atoms with Crippen molar-refractivity contribution in [1.29, 1.82) is 0 Å². The second kappa shape index (κ2) is 17.2. The SMILES string of the molecule is CCN(CC)c1ccc(N)c(Nc2nc(Nc3cc(N(CC)CC)ccc3N=Nc3snc4cc(S(=O)(=O)O)ccc34)nc(SCc3ccccc3)n2)c1. The van der Waals surface area contributed by atoms with E-state index in [1.165, 1.54) is 23.9 Å². The third-order valence-electron chi connectivity index (χ3n) is 8.57. The molecular weight excluding hydrogens is 743 g/mol. The molecule has 0 radical (unpaired) electrons. The molecule has 17 heteroatoms. The van der Waals surface area contributed by atoms with Crippen molar-refractivity contribution in [2.75, 3.05) is 52.3 Å². The van der Waals surface area contributed by atoms with Crippen molar-refractivity contribution >= 4 is 95.3 Å². The second-order valence-corrected chi connectivity index (χ2v) is 15.1. The van der Waals surface area contributed by atoms with Crippen LogP contribution in [-0.2, 0) is 15.9 Å². The zero-order chi connectivity index (χ0) is 38.2. The van der Waals surface area contributed by atoms with Gasteiger partial charge >= 0.3 is 0 Å². The van der Waals surface area contributed by atoms with E-state index < -0.39 is 10.1 Å². The lowest BCUT2D eigenvalue weighted by Gasteiger charge is -2.22. The Labute approximate surface area is 322 Å². The van der Waals surface area contributed by atoms with Gasteiger partial charge in [-0.3, -0.25) is 4.55 Å². The first-order chi connectivity index (χ1) is 26.1. The second-order valence-electron chi connectivity index (χ2n) is 11.9. The summed E-state index contributed by atoms with van der Waals surface area (Å²) in [6.45, 7) is 11.7. The van der Waals surface area contributed by atoms with Crippen molar-refractivity contribution < 1.29 is 13.0 Å². The molecule has 6 rings (SSSR count). The van der Waals surface area contributed by atoms with Gasteiger partial charge in [0.2, 0.25) is 11.9 Å². The molecule has 0 atom stereocenters. The summed E-state index contributed by atoms with van der Waals surface area (Å²) in [7, 11) is -4.38. The first kappa shape index (κ1) is 38.4. The maximum absolute atomic E-state index is 11.7. The average molecular weight is 784 g/mol. The van der Waals surface area contributed by atoms with Crippen molar-refractivity contribution in [3.05, 3.63) is 90.5 Å². The lowest BCUT2D eigenvalue weighted by atomic mass is 10.2. The molecule has 0 fully saturated rings. The smallest absolute Gasteiger partial charge is 0.294 e. The fourth-order valence-electron chi connectivity index (χ4n) is 5.67. The van der Waals surface area contributed by atoms with E-state index in [1.807, 2.05) is 54.6 Å². The van der Waals surface area contributed by atoms with Gasteiger partial charge in [-0.05, 0) is 99.4 Å². The number of nitrogens with one attached hydrogen (secondary N) is 2. The maximum Gasteiger partial charge on any atom is 0.294 e. The standard InChI is InChI=1S/C37H41N11O3S3/c1-5-47(6-2)25-14-18-29(38)32(20-25)39-35-41-36(43-37(42-35)52-23-24-12-10-9-11-13-24)40-33-21-26(48(7-3)8-4)15-19-30(33)44-45-34-28-17-16-27(54(49,50)51)22-31(28)46-53-34/h9-22H,5-8,23,38H2,1-4H3,(H,49,50,51)(H2,39,40,41,42,43). The monoisotopic (exact) mass is 783 g/mol. The summed E-state index contributed by atoms with van der Waals surface area (Å²) in [5, 5.41) is 17.4. The normalized spacial score (nSPS) is 11.6. The van der Waals surface area contributed by atoms with Crippen LogP contribution in [0.1, 0.15) is 33.3 Å². The lowest BCUT2D eigenvalue weighted by Crippen LogP contribution is -2.21. The minimum Gasteiger partial charge on any atom is -0.397 e. The molecule has 0 saturated heterocycles. The number of thioether (sulfide) groups is 1. The van der Waals surface area contributed by atoms with Crippen LogP contribution in [0.25, 0.3) is 10.9 Å². The Morgan fingerprint density at radius 3 is 2.06 bits per heavy atom. The Hall–Kier alpha value is -5.36. The summed E-state index contributed by atoms with van der Waals surface area (Å²) in [6, 6.07) is 25.9. The van der Waals surface area contributed by atoms with Crippen LogP contribution in [0.3, 0.4) is 0 Å². The highest BCUT2D eigenvalue weighted by molar-refractivity contribution is 7.98. The van der Waals surface area contributed by atoms with Crippen molar-refractivity contribution in [3.63, 3.8) is 0 Å². The zero-order valence-corrected chi connectivity index (χ0v) is 32.7. The van der Waals surface area contributed by atoms with Crippen LogP contribution in [0.2, 0.25) is 0 Å².